The van der Waals surface area contributed by atoms with Crippen LogP contribution in [-0.4, -0.2) is 34.1 Å². The zero-order chi connectivity index (χ0) is 21.8. The van der Waals surface area contributed by atoms with E-state index in [1.165, 1.54) is 11.8 Å². The second kappa shape index (κ2) is 10.4. The summed E-state index contributed by atoms with van der Waals surface area (Å²) in [6, 6.07) is 5.84. The zero-order valence-electron chi connectivity index (χ0n) is 17.9. The Balaban J connectivity index is 1.96. The van der Waals surface area contributed by atoms with Crippen molar-refractivity contribution in [1.82, 2.24) is 4.90 Å². The molecule has 0 spiro atoms. The van der Waals surface area contributed by atoms with Crippen molar-refractivity contribution in [2.75, 3.05) is 18.0 Å². The maximum absolute atomic E-state index is 13.4. The molecular weight excluding hydrogens is 480 g/mol. The zero-order valence-corrected chi connectivity index (χ0v) is 21.1. The van der Waals surface area contributed by atoms with Gasteiger partial charge in [-0.15, -0.1) is 0 Å². The van der Waals surface area contributed by atoms with Crippen LogP contribution < -0.4 is 4.90 Å². The molecule has 2 heterocycles. The van der Waals surface area contributed by atoms with Gasteiger partial charge in [-0.05, 0) is 37.0 Å². The van der Waals surface area contributed by atoms with Crippen molar-refractivity contribution in [3.63, 3.8) is 0 Å². The van der Waals surface area contributed by atoms with Gasteiger partial charge < -0.3 is 4.90 Å². The lowest BCUT2D eigenvalue weighted by atomic mass is 9.98. The maximum atomic E-state index is 13.4. The number of amides is 2. The summed E-state index contributed by atoms with van der Waals surface area (Å²) in [5, 5.41) is 0. The van der Waals surface area contributed by atoms with Gasteiger partial charge in [-0.25, -0.2) is 0 Å². The van der Waals surface area contributed by atoms with Crippen LogP contribution in [0.2, 0.25) is 0 Å². The van der Waals surface area contributed by atoms with Crippen LogP contribution in [0, 0.1) is 5.92 Å². The molecule has 2 amide bonds. The number of rotatable bonds is 9. The number of thioether (sulfide) groups is 1. The molecule has 7 heteroatoms. The first-order chi connectivity index (χ1) is 14.4. The van der Waals surface area contributed by atoms with Gasteiger partial charge in [0.1, 0.15) is 4.32 Å². The number of anilines is 1. The van der Waals surface area contributed by atoms with Gasteiger partial charge in [-0.2, -0.15) is 0 Å². The number of hydrogen-bond acceptors (Lipinski definition) is 4. The van der Waals surface area contributed by atoms with Crippen molar-refractivity contribution in [1.29, 1.82) is 0 Å². The Kier molecular flexibility index (Phi) is 8.16. The predicted octanol–water partition coefficient (Wildman–Crippen LogP) is 6.38. The molecule has 30 heavy (non-hydrogen) atoms. The number of carbonyl (C=O) groups excluding carboxylic acids is 2. The summed E-state index contributed by atoms with van der Waals surface area (Å²) in [6.07, 6.45) is 6.33. The highest BCUT2D eigenvalue weighted by Crippen LogP contribution is 2.45. The molecule has 0 aliphatic carbocycles. The summed E-state index contributed by atoms with van der Waals surface area (Å²) in [5.41, 5.74) is 2.21. The number of carbonyl (C=O) groups is 2. The fourth-order valence-electron chi connectivity index (χ4n) is 3.94. The molecule has 1 aromatic rings. The summed E-state index contributed by atoms with van der Waals surface area (Å²) >= 11 is 10.4. The van der Waals surface area contributed by atoms with E-state index in [0.29, 0.717) is 33.8 Å². The number of thiocarbonyl (C=S) groups is 1. The quantitative estimate of drug-likeness (QED) is 0.286. The molecule has 0 bridgehead atoms. The second-order valence-corrected chi connectivity index (χ2v) is 10.4. The van der Waals surface area contributed by atoms with Crippen LogP contribution >= 0.6 is 39.9 Å². The third-order valence-electron chi connectivity index (χ3n) is 5.77. The van der Waals surface area contributed by atoms with Crippen molar-refractivity contribution in [2.24, 2.45) is 5.92 Å². The van der Waals surface area contributed by atoms with Crippen LogP contribution in [0.15, 0.2) is 27.6 Å². The molecule has 1 aromatic carbocycles. The molecule has 1 saturated heterocycles. The highest BCUT2D eigenvalue weighted by Gasteiger charge is 2.42. The Morgan fingerprint density at radius 2 is 1.80 bits per heavy atom. The van der Waals surface area contributed by atoms with Crippen molar-refractivity contribution in [3.8, 4) is 0 Å². The molecule has 0 aromatic heterocycles. The monoisotopic (exact) mass is 508 g/mol. The minimum Gasteiger partial charge on any atom is -0.308 e. The van der Waals surface area contributed by atoms with Gasteiger partial charge >= 0.3 is 0 Å². The first-order valence-electron chi connectivity index (χ1n) is 10.8. The van der Waals surface area contributed by atoms with E-state index in [4.69, 9.17) is 12.2 Å². The van der Waals surface area contributed by atoms with Gasteiger partial charge in [0.15, 0.2) is 0 Å². The second-order valence-electron chi connectivity index (χ2n) is 7.88. The number of unbranched alkanes of at least 4 members (excludes halogenated alkanes) is 2. The van der Waals surface area contributed by atoms with Crippen LogP contribution in [0.4, 0.5) is 5.69 Å². The summed E-state index contributed by atoms with van der Waals surface area (Å²) in [5.74, 6) is 0.222. The fraction of sp³-hybridized carbons (Fsp3) is 0.522. The Morgan fingerprint density at radius 1 is 1.07 bits per heavy atom. The van der Waals surface area contributed by atoms with Gasteiger partial charge in [0.2, 0.25) is 0 Å². The van der Waals surface area contributed by atoms with E-state index in [9.17, 15) is 9.59 Å². The lowest BCUT2D eigenvalue weighted by Gasteiger charge is -2.21. The topological polar surface area (TPSA) is 40.6 Å². The van der Waals surface area contributed by atoms with E-state index in [1.807, 2.05) is 23.1 Å². The summed E-state index contributed by atoms with van der Waals surface area (Å²) in [6.45, 7) is 7.75. The Hall–Kier alpha value is -1.18. The van der Waals surface area contributed by atoms with E-state index in [-0.39, 0.29) is 11.8 Å². The Morgan fingerprint density at radius 3 is 2.47 bits per heavy atom. The highest BCUT2D eigenvalue weighted by molar-refractivity contribution is 9.10. The minimum absolute atomic E-state index is 0.0879. The number of fused-ring (bicyclic) bond motifs is 1. The molecule has 3 rings (SSSR count). The molecule has 0 radical (unpaired) electrons. The third kappa shape index (κ3) is 4.68. The predicted molar refractivity (Wildman–Crippen MR) is 134 cm³/mol. The van der Waals surface area contributed by atoms with Crippen molar-refractivity contribution < 1.29 is 9.59 Å². The molecule has 2 aliphatic heterocycles. The van der Waals surface area contributed by atoms with Crippen LogP contribution in [0.5, 0.6) is 0 Å². The van der Waals surface area contributed by atoms with Crippen LogP contribution in [-0.2, 0) is 9.59 Å². The van der Waals surface area contributed by atoms with Crippen molar-refractivity contribution in [2.45, 2.75) is 59.3 Å². The molecule has 2 aliphatic rings. The average molecular weight is 510 g/mol. The van der Waals surface area contributed by atoms with Gasteiger partial charge in [-0.1, -0.05) is 86.4 Å². The standard InChI is InChI=1S/C23H29BrN2O2S2/c1-4-7-9-15(6-3)14-26-22(28)20(30-23(26)29)19-17-13-16(24)10-11-18(17)25(21(19)27)12-8-5-2/h10-11,13,15H,4-9,12,14H2,1-3H3/b20-19-/t15-/m0/s1. The first-order valence-corrected chi connectivity index (χ1v) is 12.8. The molecule has 162 valence electrons. The lowest BCUT2D eigenvalue weighted by Crippen LogP contribution is -2.33. The molecule has 1 atom stereocenters. The highest BCUT2D eigenvalue weighted by atomic mass is 79.9. The number of halogens is 1. The van der Waals surface area contributed by atoms with Gasteiger partial charge in [0.25, 0.3) is 11.8 Å². The summed E-state index contributed by atoms with van der Waals surface area (Å²) in [4.78, 5) is 30.7. The average Bonchev–Trinajstić information content (AvgIpc) is 3.15. The Labute approximate surface area is 197 Å². The molecule has 0 N–H and O–H groups in total. The van der Waals surface area contributed by atoms with Crippen LogP contribution in [0.1, 0.15) is 64.9 Å². The molecule has 0 saturated carbocycles. The SMILES string of the molecule is CCCC[C@H](CC)CN1C(=O)/C(=C2/C(=O)N(CCCC)c3ccc(Br)cc32)SC1=S. The lowest BCUT2D eigenvalue weighted by molar-refractivity contribution is -0.123. The molecule has 0 unspecified atom stereocenters. The summed E-state index contributed by atoms with van der Waals surface area (Å²) in [7, 11) is 0. The number of hydrogen-bond donors (Lipinski definition) is 0. The van der Waals surface area contributed by atoms with Crippen molar-refractivity contribution in [3.05, 3.63) is 33.1 Å². The van der Waals surface area contributed by atoms with E-state index < -0.39 is 0 Å². The van der Waals surface area contributed by atoms with Crippen LogP contribution in [0.3, 0.4) is 0 Å². The van der Waals surface area contributed by atoms with Gasteiger partial charge in [0.05, 0.1) is 16.2 Å². The Bertz CT molecular complexity index is 884. The third-order valence-corrected chi connectivity index (χ3v) is 7.71. The summed E-state index contributed by atoms with van der Waals surface area (Å²) < 4.78 is 1.46. The van der Waals surface area contributed by atoms with E-state index >= 15 is 0 Å². The number of benzene rings is 1. The van der Waals surface area contributed by atoms with E-state index in [1.54, 1.807) is 4.90 Å². The molecule has 1 fully saturated rings. The molecule has 4 nitrogen and oxygen atoms in total. The fourth-order valence-corrected chi connectivity index (χ4v) is 5.65. The van der Waals surface area contributed by atoms with Crippen molar-refractivity contribution >= 4 is 67.3 Å². The minimum atomic E-state index is -0.119. The first kappa shape index (κ1) is 23.5. The smallest absolute Gasteiger partial charge is 0.267 e. The van der Waals surface area contributed by atoms with Gasteiger partial charge in [-0.3, -0.25) is 14.5 Å². The van der Waals surface area contributed by atoms with E-state index in [2.05, 4.69) is 36.7 Å². The normalized spacial score (nSPS) is 19.8. The largest absolute Gasteiger partial charge is 0.308 e. The van der Waals surface area contributed by atoms with Crippen LogP contribution in [0.25, 0.3) is 5.57 Å². The number of nitrogens with zero attached hydrogens (tertiary/aromatic N) is 2. The van der Waals surface area contributed by atoms with E-state index in [0.717, 1.165) is 54.2 Å². The maximum Gasteiger partial charge on any atom is 0.267 e. The molecular formula is C23H29BrN2O2S2. The van der Waals surface area contributed by atoms with Gasteiger partial charge in [0, 0.05) is 23.1 Å².